The van der Waals surface area contributed by atoms with Crippen LogP contribution in [0, 0.1) is 16.4 Å². The summed E-state index contributed by atoms with van der Waals surface area (Å²) < 4.78 is 28.6. The fraction of sp³-hybridized carbons (Fsp3) is 0.125. The summed E-state index contributed by atoms with van der Waals surface area (Å²) in [6.07, 6.45) is 0. The molecule has 1 heterocycles. The molecule has 3 rings (SSSR count). The molecule has 0 aliphatic heterocycles. The zero-order valence-corrected chi connectivity index (χ0v) is 14.7. The topological polar surface area (TPSA) is 33.6 Å². The van der Waals surface area contributed by atoms with E-state index in [0.29, 0.717) is 32.8 Å². The second-order valence-electron chi connectivity index (χ2n) is 4.99. The Hall–Kier alpha value is -1.70. The van der Waals surface area contributed by atoms with Crippen molar-refractivity contribution < 1.29 is 8.78 Å². The number of rotatable bonds is 5. The van der Waals surface area contributed by atoms with Gasteiger partial charge in [-0.25, -0.2) is 8.78 Å². The Labute approximate surface area is 151 Å². The van der Waals surface area contributed by atoms with Crippen LogP contribution in [0.4, 0.5) is 8.78 Å². The summed E-state index contributed by atoms with van der Waals surface area (Å²) in [5, 5.41) is 7.32. The summed E-state index contributed by atoms with van der Waals surface area (Å²) in [4.78, 5) is 0. The maximum atomic E-state index is 13.4. The first kappa shape index (κ1) is 17.1. The lowest BCUT2D eigenvalue weighted by Crippen LogP contribution is -2.01. The van der Waals surface area contributed by atoms with E-state index in [4.69, 9.17) is 23.8 Å². The molecule has 2 aromatic carbocycles. The van der Waals surface area contributed by atoms with Crippen LogP contribution in [-0.4, -0.2) is 14.8 Å². The average Bonchev–Trinajstić information content (AvgIpc) is 2.90. The Morgan fingerprint density at radius 3 is 2.67 bits per heavy atom. The number of hydrogen-bond donors (Lipinski definition) is 1. The van der Waals surface area contributed by atoms with Gasteiger partial charge in [-0.05, 0) is 48.1 Å². The number of nitrogens with zero attached hydrogens (tertiary/aromatic N) is 2. The van der Waals surface area contributed by atoms with Gasteiger partial charge < -0.3 is 0 Å². The number of benzene rings is 2. The summed E-state index contributed by atoms with van der Waals surface area (Å²) in [7, 11) is 0. The van der Waals surface area contributed by atoms with Gasteiger partial charge >= 0.3 is 0 Å². The molecule has 0 radical (unpaired) electrons. The molecule has 1 aromatic heterocycles. The smallest absolute Gasteiger partial charge is 0.199 e. The predicted molar refractivity (Wildman–Crippen MR) is 95.1 cm³/mol. The van der Waals surface area contributed by atoms with Gasteiger partial charge in [0.05, 0.1) is 11.4 Å². The zero-order chi connectivity index (χ0) is 17.1. The van der Waals surface area contributed by atoms with Crippen LogP contribution in [0.15, 0.2) is 42.5 Å². The van der Waals surface area contributed by atoms with Gasteiger partial charge in [0.2, 0.25) is 0 Å². The van der Waals surface area contributed by atoms with Gasteiger partial charge in [-0.1, -0.05) is 23.7 Å². The molecule has 0 aliphatic carbocycles. The third-order valence-electron chi connectivity index (χ3n) is 3.31. The van der Waals surface area contributed by atoms with Crippen LogP contribution in [0.5, 0.6) is 0 Å². The average molecular weight is 384 g/mol. The second kappa shape index (κ2) is 7.46. The van der Waals surface area contributed by atoms with Gasteiger partial charge in [0.15, 0.2) is 4.77 Å². The molecule has 0 saturated carbocycles. The number of aromatic nitrogens is 3. The number of aromatic amines is 1. The maximum Gasteiger partial charge on any atom is 0.199 e. The van der Waals surface area contributed by atoms with Crippen molar-refractivity contribution in [1.29, 1.82) is 0 Å². The predicted octanol–water partition coefficient (Wildman–Crippen LogP) is 5.29. The first-order valence-corrected chi connectivity index (χ1v) is 8.92. The van der Waals surface area contributed by atoms with Crippen LogP contribution in [0.3, 0.4) is 0 Å². The summed E-state index contributed by atoms with van der Waals surface area (Å²) in [6.45, 7) is 0. The van der Waals surface area contributed by atoms with Crippen molar-refractivity contribution in [3.63, 3.8) is 0 Å². The van der Waals surface area contributed by atoms with E-state index in [-0.39, 0.29) is 11.6 Å². The number of nitrogens with one attached hydrogen (secondary N) is 1. The molecule has 0 bridgehead atoms. The van der Waals surface area contributed by atoms with E-state index < -0.39 is 0 Å². The van der Waals surface area contributed by atoms with E-state index in [0.717, 1.165) is 5.56 Å². The van der Waals surface area contributed by atoms with E-state index in [2.05, 4.69) is 10.2 Å². The Morgan fingerprint density at radius 2 is 1.92 bits per heavy atom. The van der Waals surface area contributed by atoms with Crippen molar-refractivity contribution in [3.05, 3.63) is 75.3 Å². The number of halogens is 3. The summed E-state index contributed by atoms with van der Waals surface area (Å²) in [5.41, 5.74) is 1.46. The molecular formula is C16H12ClF2N3S2. The van der Waals surface area contributed by atoms with Gasteiger partial charge in [-0.3, -0.25) is 9.67 Å². The molecule has 3 nitrogen and oxygen atoms in total. The molecule has 8 heteroatoms. The quantitative estimate of drug-likeness (QED) is 0.607. The lowest BCUT2D eigenvalue weighted by atomic mass is 10.2. The van der Waals surface area contributed by atoms with E-state index in [1.165, 1.54) is 24.3 Å². The molecule has 0 amide bonds. The van der Waals surface area contributed by atoms with Gasteiger partial charge in [0.25, 0.3) is 0 Å². The Bertz CT molecular complexity index is 924. The van der Waals surface area contributed by atoms with Gasteiger partial charge in [0.1, 0.15) is 17.5 Å². The van der Waals surface area contributed by atoms with Crippen molar-refractivity contribution in [2.45, 2.75) is 11.5 Å². The van der Waals surface area contributed by atoms with Crippen molar-refractivity contribution in [2.75, 3.05) is 0 Å². The fourth-order valence-corrected chi connectivity index (χ4v) is 3.72. The molecule has 0 atom stereocenters. The van der Waals surface area contributed by atoms with E-state index in [9.17, 15) is 8.78 Å². The summed E-state index contributed by atoms with van der Waals surface area (Å²) >= 11 is 12.8. The summed E-state index contributed by atoms with van der Waals surface area (Å²) in [6, 6.07) is 10.5. The van der Waals surface area contributed by atoms with Crippen LogP contribution in [-0.2, 0) is 11.5 Å². The highest BCUT2D eigenvalue weighted by Crippen LogP contribution is 2.25. The van der Waals surface area contributed by atoms with E-state index in [1.807, 2.05) is 0 Å². The van der Waals surface area contributed by atoms with Crippen molar-refractivity contribution in [3.8, 4) is 5.69 Å². The van der Waals surface area contributed by atoms with Crippen molar-refractivity contribution in [1.82, 2.24) is 14.8 Å². The lowest BCUT2D eigenvalue weighted by Gasteiger charge is -2.08. The van der Waals surface area contributed by atoms with Gasteiger partial charge in [-0.15, -0.1) is 11.8 Å². The molecule has 0 fully saturated rings. The molecular weight excluding hydrogens is 372 g/mol. The molecule has 0 spiro atoms. The monoisotopic (exact) mass is 383 g/mol. The molecule has 1 N–H and O–H groups in total. The first-order valence-electron chi connectivity index (χ1n) is 6.98. The zero-order valence-electron chi connectivity index (χ0n) is 12.3. The van der Waals surface area contributed by atoms with Gasteiger partial charge in [-0.2, -0.15) is 5.10 Å². The third kappa shape index (κ3) is 3.85. The Balaban J connectivity index is 1.76. The minimum absolute atomic E-state index is 0.340. The number of H-pyrrole nitrogens is 1. The lowest BCUT2D eigenvalue weighted by molar-refractivity contribution is 0.626. The Kier molecular flexibility index (Phi) is 5.33. The minimum Gasteiger partial charge on any atom is -0.271 e. The van der Waals surface area contributed by atoms with Crippen molar-refractivity contribution in [2.24, 2.45) is 0 Å². The molecule has 0 aliphatic rings. The van der Waals surface area contributed by atoms with E-state index >= 15 is 0 Å². The number of thioether (sulfide) groups is 1. The van der Waals surface area contributed by atoms with Gasteiger partial charge in [0, 0.05) is 10.8 Å². The molecule has 0 unspecified atom stereocenters. The standard InChI is InChI=1S/C16H12ClF2N3S2/c17-14-7-12(19)5-4-10(14)8-24-9-15-20-21-16(23)22(15)13-3-1-2-11(18)6-13/h1-7H,8-9H2,(H,21,23). The SMILES string of the molecule is Fc1cccc(-n2c(CSCc3ccc(F)cc3Cl)n[nH]c2=S)c1. The van der Waals surface area contributed by atoms with Crippen LogP contribution in [0.2, 0.25) is 5.02 Å². The van der Waals surface area contributed by atoms with Crippen LogP contribution >= 0.6 is 35.6 Å². The first-order chi connectivity index (χ1) is 11.5. The highest BCUT2D eigenvalue weighted by Gasteiger charge is 2.10. The molecule has 124 valence electrons. The highest BCUT2D eigenvalue weighted by atomic mass is 35.5. The minimum atomic E-state index is -0.360. The van der Waals surface area contributed by atoms with Crippen LogP contribution in [0.25, 0.3) is 5.69 Å². The maximum absolute atomic E-state index is 13.4. The highest BCUT2D eigenvalue weighted by molar-refractivity contribution is 7.97. The normalized spacial score (nSPS) is 11.0. The third-order valence-corrected chi connectivity index (χ3v) is 4.92. The van der Waals surface area contributed by atoms with E-state index in [1.54, 1.807) is 34.5 Å². The van der Waals surface area contributed by atoms with Crippen LogP contribution < -0.4 is 0 Å². The Morgan fingerprint density at radius 1 is 1.12 bits per heavy atom. The largest absolute Gasteiger partial charge is 0.271 e. The van der Waals surface area contributed by atoms with Crippen LogP contribution in [0.1, 0.15) is 11.4 Å². The fourth-order valence-electron chi connectivity index (χ4n) is 2.20. The molecule has 0 saturated heterocycles. The number of hydrogen-bond acceptors (Lipinski definition) is 3. The summed E-state index contributed by atoms with van der Waals surface area (Å²) in [5.74, 6) is 1.11. The molecule has 3 aromatic rings. The molecule has 24 heavy (non-hydrogen) atoms. The van der Waals surface area contributed by atoms with Crippen molar-refractivity contribution >= 4 is 35.6 Å². The second-order valence-corrected chi connectivity index (χ2v) is 6.77.